The standard InChI is InChI=1S/C20H17ClN2O3S/c1-12-3-5-14(6-4-12)19-23-17(11-27-19)20(25)26-13(2)18(24)22-16-9-7-15(21)8-10-16/h3-11,13H,1-2H3,(H,22,24)/t13-/m1/s1. The molecule has 0 aliphatic carbocycles. The van der Waals surface area contributed by atoms with Gasteiger partial charge in [-0.05, 0) is 38.1 Å². The van der Waals surface area contributed by atoms with Gasteiger partial charge in [0.05, 0.1) is 0 Å². The zero-order valence-corrected chi connectivity index (χ0v) is 16.3. The number of amides is 1. The van der Waals surface area contributed by atoms with Crippen LogP contribution in [0.25, 0.3) is 10.6 Å². The first-order valence-electron chi connectivity index (χ1n) is 8.22. The molecule has 138 valence electrons. The van der Waals surface area contributed by atoms with E-state index < -0.39 is 18.0 Å². The van der Waals surface area contributed by atoms with Crippen molar-refractivity contribution < 1.29 is 14.3 Å². The third-order valence-electron chi connectivity index (χ3n) is 3.78. The molecule has 0 spiro atoms. The second kappa shape index (κ2) is 8.33. The largest absolute Gasteiger partial charge is 0.448 e. The highest BCUT2D eigenvalue weighted by Gasteiger charge is 2.21. The summed E-state index contributed by atoms with van der Waals surface area (Å²) in [7, 11) is 0. The van der Waals surface area contributed by atoms with Gasteiger partial charge < -0.3 is 10.1 Å². The van der Waals surface area contributed by atoms with E-state index in [9.17, 15) is 9.59 Å². The normalized spacial score (nSPS) is 11.7. The molecule has 2 aromatic carbocycles. The summed E-state index contributed by atoms with van der Waals surface area (Å²) in [5.41, 5.74) is 2.83. The summed E-state index contributed by atoms with van der Waals surface area (Å²) in [4.78, 5) is 28.8. The number of aromatic nitrogens is 1. The van der Waals surface area contributed by atoms with Crippen molar-refractivity contribution in [2.45, 2.75) is 20.0 Å². The van der Waals surface area contributed by atoms with E-state index in [1.807, 2.05) is 31.2 Å². The molecule has 0 saturated heterocycles. The highest BCUT2D eigenvalue weighted by atomic mass is 35.5. The minimum absolute atomic E-state index is 0.182. The van der Waals surface area contributed by atoms with Gasteiger partial charge in [-0.1, -0.05) is 41.4 Å². The summed E-state index contributed by atoms with van der Waals surface area (Å²) in [6, 6.07) is 14.5. The summed E-state index contributed by atoms with van der Waals surface area (Å²) in [5.74, 6) is -1.07. The van der Waals surface area contributed by atoms with E-state index in [4.69, 9.17) is 16.3 Å². The Morgan fingerprint density at radius 3 is 2.44 bits per heavy atom. The third-order valence-corrected chi connectivity index (χ3v) is 4.92. The van der Waals surface area contributed by atoms with Crippen LogP contribution in [0.3, 0.4) is 0 Å². The first-order chi connectivity index (χ1) is 12.9. The number of aryl methyl sites for hydroxylation is 1. The van der Waals surface area contributed by atoms with E-state index in [-0.39, 0.29) is 5.69 Å². The molecule has 1 aromatic heterocycles. The van der Waals surface area contributed by atoms with Crippen LogP contribution in [0.5, 0.6) is 0 Å². The highest BCUT2D eigenvalue weighted by Crippen LogP contribution is 2.24. The van der Waals surface area contributed by atoms with Crippen LogP contribution in [0.1, 0.15) is 23.0 Å². The lowest BCUT2D eigenvalue weighted by atomic mass is 10.2. The van der Waals surface area contributed by atoms with Crippen LogP contribution in [0.4, 0.5) is 5.69 Å². The van der Waals surface area contributed by atoms with Crippen LogP contribution in [0.2, 0.25) is 5.02 Å². The van der Waals surface area contributed by atoms with Crippen molar-refractivity contribution in [1.29, 1.82) is 0 Å². The average Bonchev–Trinajstić information content (AvgIpc) is 3.14. The van der Waals surface area contributed by atoms with Crippen molar-refractivity contribution in [3.05, 3.63) is 70.2 Å². The van der Waals surface area contributed by atoms with Gasteiger partial charge in [0.1, 0.15) is 5.01 Å². The van der Waals surface area contributed by atoms with Crippen LogP contribution in [-0.4, -0.2) is 23.0 Å². The van der Waals surface area contributed by atoms with Crippen molar-refractivity contribution >= 4 is 40.5 Å². The molecule has 27 heavy (non-hydrogen) atoms. The first kappa shape index (κ1) is 19.1. The quantitative estimate of drug-likeness (QED) is 0.615. The molecule has 0 unspecified atom stereocenters. The number of thiazole rings is 1. The van der Waals surface area contributed by atoms with E-state index in [1.165, 1.54) is 18.3 Å². The summed E-state index contributed by atoms with van der Waals surface area (Å²) in [6.45, 7) is 3.52. The second-order valence-electron chi connectivity index (χ2n) is 5.95. The molecule has 0 bridgehead atoms. The van der Waals surface area contributed by atoms with E-state index in [0.717, 1.165) is 16.1 Å². The maximum atomic E-state index is 12.3. The van der Waals surface area contributed by atoms with Crippen molar-refractivity contribution in [2.24, 2.45) is 0 Å². The average molecular weight is 401 g/mol. The van der Waals surface area contributed by atoms with Crippen LogP contribution in [0.15, 0.2) is 53.9 Å². The monoisotopic (exact) mass is 400 g/mol. The molecular weight excluding hydrogens is 384 g/mol. The molecule has 1 amide bonds. The van der Waals surface area contributed by atoms with Gasteiger partial charge in [0, 0.05) is 21.7 Å². The maximum Gasteiger partial charge on any atom is 0.358 e. The van der Waals surface area contributed by atoms with Crippen LogP contribution >= 0.6 is 22.9 Å². The zero-order chi connectivity index (χ0) is 19.4. The summed E-state index contributed by atoms with van der Waals surface area (Å²) >= 11 is 7.16. The van der Waals surface area contributed by atoms with Gasteiger partial charge in [-0.2, -0.15) is 0 Å². The number of ether oxygens (including phenoxy) is 1. The summed E-state index contributed by atoms with van der Waals surface area (Å²) in [5, 5.41) is 5.59. The van der Waals surface area contributed by atoms with Crippen molar-refractivity contribution in [3.63, 3.8) is 0 Å². The van der Waals surface area contributed by atoms with E-state index in [0.29, 0.717) is 10.7 Å². The van der Waals surface area contributed by atoms with Crippen molar-refractivity contribution in [1.82, 2.24) is 4.98 Å². The van der Waals surface area contributed by atoms with Gasteiger partial charge in [0.2, 0.25) is 0 Å². The van der Waals surface area contributed by atoms with E-state index in [2.05, 4.69) is 10.3 Å². The molecular formula is C20H17ClN2O3S. The minimum Gasteiger partial charge on any atom is -0.448 e. The summed E-state index contributed by atoms with van der Waals surface area (Å²) in [6.07, 6.45) is -0.960. The number of rotatable bonds is 5. The fraction of sp³-hybridized carbons (Fsp3) is 0.150. The SMILES string of the molecule is Cc1ccc(-c2nc(C(=O)O[C@H](C)C(=O)Nc3ccc(Cl)cc3)cs2)cc1. The van der Waals surface area contributed by atoms with Gasteiger partial charge in [-0.25, -0.2) is 9.78 Å². The molecule has 0 aliphatic heterocycles. The Balaban J connectivity index is 1.61. The van der Waals surface area contributed by atoms with E-state index >= 15 is 0 Å². The van der Waals surface area contributed by atoms with Gasteiger partial charge >= 0.3 is 5.97 Å². The number of hydrogen-bond donors (Lipinski definition) is 1. The van der Waals surface area contributed by atoms with Crippen LogP contribution in [0, 0.1) is 6.92 Å². The predicted octanol–water partition coefficient (Wildman–Crippen LogP) is 4.96. The number of halogens is 1. The molecule has 5 nitrogen and oxygen atoms in total. The predicted molar refractivity (Wildman–Crippen MR) is 107 cm³/mol. The Morgan fingerprint density at radius 2 is 1.78 bits per heavy atom. The lowest BCUT2D eigenvalue weighted by Crippen LogP contribution is -2.30. The maximum absolute atomic E-state index is 12.3. The number of nitrogens with zero attached hydrogens (tertiary/aromatic N) is 1. The Bertz CT molecular complexity index is 952. The molecule has 0 aliphatic rings. The number of nitrogens with one attached hydrogen (secondary N) is 1. The second-order valence-corrected chi connectivity index (χ2v) is 7.24. The Labute approximate surface area is 166 Å². The lowest BCUT2D eigenvalue weighted by molar-refractivity contribution is -0.123. The number of esters is 1. The Hall–Kier alpha value is -2.70. The van der Waals surface area contributed by atoms with E-state index in [1.54, 1.807) is 29.6 Å². The minimum atomic E-state index is -0.960. The first-order valence-corrected chi connectivity index (χ1v) is 9.48. The number of benzene rings is 2. The molecule has 1 heterocycles. The molecule has 0 saturated carbocycles. The number of carbonyl (C=O) groups excluding carboxylic acids is 2. The Kier molecular flexibility index (Phi) is 5.88. The summed E-state index contributed by atoms with van der Waals surface area (Å²) < 4.78 is 5.23. The molecule has 3 rings (SSSR count). The number of anilines is 1. The molecule has 3 aromatic rings. The highest BCUT2D eigenvalue weighted by molar-refractivity contribution is 7.13. The fourth-order valence-corrected chi connectivity index (χ4v) is 3.17. The van der Waals surface area contributed by atoms with Crippen molar-refractivity contribution in [3.8, 4) is 10.6 Å². The van der Waals surface area contributed by atoms with Crippen LogP contribution in [-0.2, 0) is 9.53 Å². The van der Waals surface area contributed by atoms with Gasteiger partial charge in [0.15, 0.2) is 11.8 Å². The fourth-order valence-electron chi connectivity index (χ4n) is 2.25. The van der Waals surface area contributed by atoms with Gasteiger partial charge in [0.25, 0.3) is 5.91 Å². The molecule has 0 fully saturated rings. The van der Waals surface area contributed by atoms with Crippen LogP contribution < -0.4 is 5.32 Å². The third kappa shape index (κ3) is 4.93. The smallest absolute Gasteiger partial charge is 0.358 e. The zero-order valence-electron chi connectivity index (χ0n) is 14.7. The topological polar surface area (TPSA) is 68.3 Å². The molecule has 1 N–H and O–H groups in total. The van der Waals surface area contributed by atoms with Gasteiger partial charge in [-0.3, -0.25) is 4.79 Å². The molecule has 0 radical (unpaired) electrons. The van der Waals surface area contributed by atoms with Crippen molar-refractivity contribution in [2.75, 3.05) is 5.32 Å². The lowest BCUT2D eigenvalue weighted by Gasteiger charge is -2.12. The molecule has 1 atom stereocenters. The van der Waals surface area contributed by atoms with Gasteiger partial charge in [-0.15, -0.1) is 11.3 Å². The number of hydrogen-bond acceptors (Lipinski definition) is 5. The molecule has 7 heteroatoms. The Morgan fingerprint density at radius 1 is 1.11 bits per heavy atom. The number of carbonyl (C=O) groups is 2.